The van der Waals surface area contributed by atoms with Crippen molar-refractivity contribution in [1.82, 2.24) is 15.1 Å². The van der Waals surface area contributed by atoms with Crippen LogP contribution in [0.25, 0.3) is 16.9 Å². The third-order valence-corrected chi connectivity index (χ3v) is 5.34. The summed E-state index contributed by atoms with van der Waals surface area (Å²) in [5.74, 6) is -0.269. The summed E-state index contributed by atoms with van der Waals surface area (Å²) in [6.07, 6.45) is 1.35. The van der Waals surface area contributed by atoms with E-state index in [4.69, 9.17) is 40.5 Å². The van der Waals surface area contributed by atoms with Crippen LogP contribution < -0.4 is 11.1 Å². The van der Waals surface area contributed by atoms with Gasteiger partial charge in [-0.1, -0.05) is 53.5 Å². The molecule has 2 aromatic carbocycles. The van der Waals surface area contributed by atoms with Crippen LogP contribution in [0.3, 0.4) is 0 Å². The number of hydrogen-bond donors (Lipinski definition) is 2. The third kappa shape index (κ3) is 4.98. The fourth-order valence-corrected chi connectivity index (χ4v) is 3.70. The Morgan fingerprint density at radius 1 is 1.13 bits per heavy atom. The fourth-order valence-electron chi connectivity index (χ4n) is 3.09. The lowest BCUT2D eigenvalue weighted by atomic mass is 10.1. The van der Waals surface area contributed by atoms with Crippen molar-refractivity contribution in [2.45, 2.75) is 19.8 Å². The van der Waals surface area contributed by atoms with Crippen molar-refractivity contribution in [3.05, 3.63) is 81.1 Å². The molecule has 0 aliphatic carbocycles. The van der Waals surface area contributed by atoms with Crippen molar-refractivity contribution < 1.29 is 4.79 Å². The first-order valence-electron chi connectivity index (χ1n) is 9.30. The predicted octanol–water partition coefficient (Wildman–Crippen LogP) is 5.79. The first-order valence-corrected chi connectivity index (χ1v) is 10.4. The van der Waals surface area contributed by atoms with Crippen LogP contribution in [0, 0.1) is 6.92 Å². The molecule has 0 atom stereocenters. The molecule has 30 heavy (non-hydrogen) atoms. The molecule has 3 rings (SSSR count). The zero-order chi connectivity index (χ0) is 21.8. The first kappa shape index (κ1) is 22.2. The summed E-state index contributed by atoms with van der Waals surface area (Å²) in [6.45, 7) is 5.99. The van der Waals surface area contributed by atoms with Crippen molar-refractivity contribution >= 4 is 40.7 Å². The van der Waals surface area contributed by atoms with Crippen LogP contribution in [0.1, 0.15) is 28.9 Å². The molecule has 0 spiro atoms. The predicted molar refractivity (Wildman–Crippen MR) is 124 cm³/mol. The number of hydrogen-bond acceptors (Lipinski definition) is 3. The van der Waals surface area contributed by atoms with Gasteiger partial charge in [0, 0.05) is 33.4 Å². The number of carbonyl (C=O) groups is 1. The molecule has 8 heteroatoms. The molecule has 5 nitrogen and oxygen atoms in total. The van der Waals surface area contributed by atoms with E-state index in [9.17, 15) is 4.79 Å². The molecule has 0 bridgehead atoms. The standard InChI is InChI=1S/C22H21Cl3N4O/c1-13(26)4-3-11-27-22(30)20-14(2)21(15-5-7-16(23)8-6-15)29(28-20)19-10-9-17(24)12-18(19)25/h5-10,12H,1,3-4,11,26H2,2H3,(H,27,30). The minimum absolute atomic E-state index is 0.269. The number of carbonyl (C=O) groups excluding carboxylic acids is 1. The normalized spacial score (nSPS) is 10.8. The number of nitrogens with two attached hydrogens (primary N) is 1. The van der Waals surface area contributed by atoms with E-state index in [-0.39, 0.29) is 5.91 Å². The van der Waals surface area contributed by atoms with Crippen molar-refractivity contribution in [3.63, 3.8) is 0 Å². The van der Waals surface area contributed by atoms with Crippen molar-refractivity contribution in [1.29, 1.82) is 0 Å². The molecule has 1 amide bonds. The van der Waals surface area contributed by atoms with Gasteiger partial charge in [0.05, 0.1) is 16.4 Å². The number of amides is 1. The number of aromatic nitrogens is 2. The van der Waals surface area contributed by atoms with Crippen molar-refractivity contribution in [3.8, 4) is 16.9 Å². The second kappa shape index (κ2) is 9.56. The quantitative estimate of drug-likeness (QED) is 0.436. The monoisotopic (exact) mass is 462 g/mol. The largest absolute Gasteiger partial charge is 0.403 e. The van der Waals surface area contributed by atoms with E-state index in [0.29, 0.717) is 51.5 Å². The van der Waals surface area contributed by atoms with Gasteiger partial charge in [0.1, 0.15) is 0 Å². The molecule has 0 saturated carbocycles. The molecule has 0 saturated heterocycles. The summed E-state index contributed by atoms with van der Waals surface area (Å²) < 4.78 is 1.66. The fraction of sp³-hybridized carbons (Fsp3) is 0.182. The number of nitrogens with one attached hydrogen (secondary N) is 1. The minimum atomic E-state index is -0.269. The average molecular weight is 464 g/mol. The molecular formula is C22H21Cl3N4O. The smallest absolute Gasteiger partial charge is 0.272 e. The second-order valence-corrected chi connectivity index (χ2v) is 8.13. The Balaban J connectivity index is 2.04. The van der Waals surface area contributed by atoms with Crippen LogP contribution in [-0.4, -0.2) is 22.2 Å². The summed E-state index contributed by atoms with van der Waals surface area (Å²) in [6, 6.07) is 12.5. The van der Waals surface area contributed by atoms with Gasteiger partial charge in [0.2, 0.25) is 0 Å². The van der Waals surface area contributed by atoms with E-state index in [0.717, 1.165) is 16.8 Å². The van der Waals surface area contributed by atoms with Gasteiger partial charge < -0.3 is 11.1 Å². The lowest BCUT2D eigenvalue weighted by Crippen LogP contribution is -2.26. The lowest BCUT2D eigenvalue weighted by molar-refractivity contribution is 0.0947. The van der Waals surface area contributed by atoms with Gasteiger partial charge in [-0.3, -0.25) is 4.79 Å². The summed E-state index contributed by atoms with van der Waals surface area (Å²) in [5.41, 5.74) is 9.43. The summed E-state index contributed by atoms with van der Waals surface area (Å²) in [5, 5.41) is 9.03. The Morgan fingerprint density at radius 2 is 1.80 bits per heavy atom. The number of halogens is 3. The number of allylic oxidation sites excluding steroid dienone is 1. The van der Waals surface area contributed by atoms with Gasteiger partial charge in [-0.25, -0.2) is 4.68 Å². The lowest BCUT2D eigenvalue weighted by Gasteiger charge is -2.11. The number of benzene rings is 2. The summed E-state index contributed by atoms with van der Waals surface area (Å²) >= 11 is 18.5. The number of rotatable bonds is 7. The summed E-state index contributed by atoms with van der Waals surface area (Å²) in [4.78, 5) is 12.8. The zero-order valence-corrected chi connectivity index (χ0v) is 18.7. The number of nitrogens with zero attached hydrogens (tertiary/aromatic N) is 2. The van der Waals surface area contributed by atoms with Crippen molar-refractivity contribution in [2.75, 3.05) is 6.54 Å². The van der Waals surface area contributed by atoms with E-state index in [1.54, 1.807) is 35.0 Å². The maximum Gasteiger partial charge on any atom is 0.272 e. The maximum absolute atomic E-state index is 12.8. The molecule has 156 valence electrons. The Morgan fingerprint density at radius 3 is 2.43 bits per heavy atom. The van der Waals surface area contributed by atoms with Crippen LogP contribution in [0.5, 0.6) is 0 Å². The molecule has 0 fully saturated rings. The SMILES string of the molecule is C=C(N)CCCNC(=O)c1nn(-c2ccc(Cl)cc2Cl)c(-c2ccc(Cl)cc2)c1C. The third-order valence-electron chi connectivity index (χ3n) is 4.55. The van der Waals surface area contributed by atoms with Gasteiger partial charge in [0.25, 0.3) is 5.91 Å². The van der Waals surface area contributed by atoms with E-state index < -0.39 is 0 Å². The van der Waals surface area contributed by atoms with E-state index in [2.05, 4.69) is 17.0 Å². The second-order valence-electron chi connectivity index (χ2n) is 6.85. The molecule has 3 aromatic rings. The van der Waals surface area contributed by atoms with Gasteiger partial charge in [0.15, 0.2) is 5.69 Å². The van der Waals surface area contributed by atoms with Gasteiger partial charge >= 0.3 is 0 Å². The van der Waals surface area contributed by atoms with Crippen LogP contribution in [0.4, 0.5) is 0 Å². The van der Waals surface area contributed by atoms with Crippen LogP contribution >= 0.6 is 34.8 Å². The molecule has 0 unspecified atom stereocenters. The van der Waals surface area contributed by atoms with Crippen LogP contribution in [-0.2, 0) is 0 Å². The zero-order valence-electron chi connectivity index (χ0n) is 16.4. The first-order chi connectivity index (χ1) is 14.3. The molecule has 0 radical (unpaired) electrons. The van der Waals surface area contributed by atoms with E-state index in [1.165, 1.54) is 0 Å². The Kier molecular flexibility index (Phi) is 7.08. The van der Waals surface area contributed by atoms with E-state index >= 15 is 0 Å². The molecule has 1 heterocycles. The van der Waals surface area contributed by atoms with Crippen LogP contribution in [0.2, 0.25) is 15.1 Å². The molecule has 3 N–H and O–H groups in total. The highest BCUT2D eigenvalue weighted by Crippen LogP contribution is 2.33. The van der Waals surface area contributed by atoms with Gasteiger partial charge in [-0.15, -0.1) is 0 Å². The highest BCUT2D eigenvalue weighted by molar-refractivity contribution is 6.35. The average Bonchev–Trinajstić information content (AvgIpc) is 3.02. The molecular weight excluding hydrogens is 443 g/mol. The Hall–Kier alpha value is -2.47. The molecule has 1 aromatic heterocycles. The Bertz CT molecular complexity index is 1090. The molecule has 0 aliphatic rings. The highest BCUT2D eigenvalue weighted by Gasteiger charge is 2.23. The van der Waals surface area contributed by atoms with Crippen LogP contribution in [0.15, 0.2) is 54.7 Å². The van der Waals surface area contributed by atoms with E-state index in [1.807, 2.05) is 19.1 Å². The molecule has 0 aliphatic heterocycles. The van der Waals surface area contributed by atoms with Crippen molar-refractivity contribution in [2.24, 2.45) is 5.73 Å². The highest BCUT2D eigenvalue weighted by atomic mass is 35.5. The van der Waals surface area contributed by atoms with Gasteiger partial charge in [-0.05, 0) is 50.1 Å². The maximum atomic E-state index is 12.8. The minimum Gasteiger partial charge on any atom is -0.403 e. The van der Waals surface area contributed by atoms with Gasteiger partial charge in [-0.2, -0.15) is 5.10 Å². The Labute approximate surface area is 190 Å². The summed E-state index contributed by atoms with van der Waals surface area (Å²) in [7, 11) is 0. The topological polar surface area (TPSA) is 72.9 Å².